The number of carbonyl (C=O) groups excluding carboxylic acids is 2. The normalized spacial score (nSPS) is 12.6. The Morgan fingerprint density at radius 2 is 1.92 bits per heavy atom. The molecule has 2 nitrogen and oxygen atoms in total. The van der Waals surface area contributed by atoms with Crippen LogP contribution in [0.1, 0.15) is 32.6 Å². The number of ketones is 1. The predicted octanol–water partition coefficient (Wildman–Crippen LogP) is 2.82. The average molecular weight is 300 g/mol. The van der Waals surface area contributed by atoms with Gasteiger partial charge in [-0.2, -0.15) is 0 Å². The molecule has 0 N–H and O–H groups in total. The molecule has 0 aromatic rings. The van der Waals surface area contributed by atoms with Crippen molar-refractivity contribution >= 4 is 42.3 Å². The maximum atomic E-state index is 11.0. The van der Waals surface area contributed by atoms with Gasteiger partial charge in [0, 0.05) is 15.9 Å². The molecule has 0 aromatic carbocycles. The molecule has 12 heavy (non-hydrogen) atoms. The highest BCUT2D eigenvalue weighted by Gasteiger charge is 2.19. The van der Waals surface area contributed by atoms with Crippen molar-refractivity contribution in [1.29, 1.82) is 0 Å². The van der Waals surface area contributed by atoms with Crippen molar-refractivity contribution in [3.8, 4) is 0 Å². The number of carbonyl (C=O) groups is 2. The van der Waals surface area contributed by atoms with Crippen LogP contribution in [0.3, 0.4) is 0 Å². The van der Waals surface area contributed by atoms with E-state index < -0.39 is 4.69 Å². The Balaban J connectivity index is 3.64. The van der Waals surface area contributed by atoms with Gasteiger partial charge in [-0.15, -0.1) is 0 Å². The molecular weight excluding hydrogens is 288 g/mol. The van der Waals surface area contributed by atoms with E-state index >= 15 is 0 Å². The van der Waals surface area contributed by atoms with E-state index in [9.17, 15) is 9.59 Å². The molecule has 0 saturated heterocycles. The highest BCUT2D eigenvalue weighted by Crippen LogP contribution is 2.13. The van der Waals surface area contributed by atoms with Crippen LogP contribution in [0.15, 0.2) is 0 Å². The molecule has 0 aliphatic heterocycles. The lowest BCUT2D eigenvalue weighted by Gasteiger charge is -2.03. The van der Waals surface area contributed by atoms with Crippen LogP contribution in [0.2, 0.25) is 0 Å². The molecule has 0 heterocycles. The predicted molar refractivity (Wildman–Crippen MR) is 55.8 cm³/mol. The van der Waals surface area contributed by atoms with Gasteiger partial charge in [0.25, 0.3) is 4.69 Å². The fourth-order valence-corrected chi connectivity index (χ4v) is 1.94. The molecule has 0 spiro atoms. The molecule has 0 radical (unpaired) electrons. The first-order valence-electron chi connectivity index (χ1n) is 3.97. The van der Waals surface area contributed by atoms with Gasteiger partial charge in [0.15, 0.2) is 0 Å². The molecule has 0 rings (SSSR count). The summed E-state index contributed by atoms with van der Waals surface area (Å²) in [7, 11) is 0. The Labute approximate surface area is 89.4 Å². The maximum absolute atomic E-state index is 11.0. The van der Waals surface area contributed by atoms with Crippen molar-refractivity contribution in [2.45, 2.75) is 37.4 Å². The van der Waals surface area contributed by atoms with Gasteiger partial charge < -0.3 is 0 Å². The molecule has 0 aliphatic rings. The molecule has 0 aliphatic carbocycles. The summed E-state index contributed by atoms with van der Waals surface area (Å²) in [6.45, 7) is 2.10. The Hall–Kier alpha value is 0.300. The number of halogens is 2. The topological polar surface area (TPSA) is 34.1 Å². The number of rotatable bonds is 6. The highest BCUT2D eigenvalue weighted by atomic mass is 79.9. The zero-order valence-electron chi connectivity index (χ0n) is 6.98. The summed E-state index contributed by atoms with van der Waals surface area (Å²) in [5.74, 6) is -0.383. The quantitative estimate of drug-likeness (QED) is 0.327. The third-order valence-electron chi connectivity index (χ3n) is 1.54. The summed E-state index contributed by atoms with van der Waals surface area (Å²) < 4.78 is -0.541. The lowest BCUT2D eigenvalue weighted by Crippen LogP contribution is -2.19. The second kappa shape index (κ2) is 6.78. The van der Waals surface area contributed by atoms with E-state index in [2.05, 4.69) is 38.8 Å². The van der Waals surface area contributed by atoms with Crippen LogP contribution < -0.4 is 0 Å². The van der Waals surface area contributed by atoms with Crippen molar-refractivity contribution in [2.75, 3.05) is 0 Å². The SMILES string of the molecule is CCCCCC(Br)C(=O)C(=O)Br. The molecule has 0 fully saturated rings. The Kier molecular flexibility index (Phi) is 6.95. The summed E-state index contributed by atoms with van der Waals surface area (Å²) in [6, 6.07) is 0. The fourth-order valence-electron chi connectivity index (χ4n) is 0.828. The van der Waals surface area contributed by atoms with E-state index in [1.807, 2.05) is 0 Å². The minimum Gasteiger partial charge on any atom is -0.289 e. The molecular formula is C8H12Br2O2. The number of Topliss-reactive ketones (excluding diaryl/α,β-unsaturated/α-hetero) is 1. The van der Waals surface area contributed by atoms with Crippen molar-refractivity contribution in [3.05, 3.63) is 0 Å². The molecule has 1 atom stereocenters. The van der Waals surface area contributed by atoms with Gasteiger partial charge in [0.2, 0.25) is 5.78 Å². The Bertz CT molecular complexity index is 168. The van der Waals surface area contributed by atoms with Crippen LogP contribution in [0.25, 0.3) is 0 Å². The lowest BCUT2D eigenvalue weighted by molar-refractivity contribution is -0.130. The summed E-state index contributed by atoms with van der Waals surface area (Å²) in [5, 5.41) is 0. The lowest BCUT2D eigenvalue weighted by atomic mass is 10.1. The van der Waals surface area contributed by atoms with Gasteiger partial charge in [0.05, 0.1) is 4.83 Å². The first-order chi connectivity index (χ1) is 5.59. The molecule has 0 bridgehead atoms. The van der Waals surface area contributed by atoms with Gasteiger partial charge in [-0.25, -0.2) is 0 Å². The van der Waals surface area contributed by atoms with Crippen molar-refractivity contribution in [2.24, 2.45) is 0 Å². The minimum atomic E-state index is -0.541. The number of hydrogen-bond donors (Lipinski definition) is 0. The summed E-state index contributed by atoms with van der Waals surface area (Å²) in [6.07, 6.45) is 3.95. The van der Waals surface area contributed by atoms with E-state index in [0.29, 0.717) is 0 Å². The van der Waals surface area contributed by atoms with Crippen LogP contribution >= 0.6 is 31.9 Å². The summed E-state index contributed by atoms with van der Waals surface area (Å²) in [5.41, 5.74) is 0. The van der Waals surface area contributed by atoms with Crippen LogP contribution in [0, 0.1) is 0 Å². The molecule has 1 unspecified atom stereocenters. The molecule has 4 heteroatoms. The van der Waals surface area contributed by atoms with Crippen LogP contribution in [-0.4, -0.2) is 15.3 Å². The number of hydrogen-bond acceptors (Lipinski definition) is 2. The standard InChI is InChI=1S/C8H12Br2O2/c1-2-3-4-5-6(9)7(11)8(10)12/h6H,2-5H2,1H3. The zero-order valence-corrected chi connectivity index (χ0v) is 10.2. The van der Waals surface area contributed by atoms with Gasteiger partial charge in [0.1, 0.15) is 0 Å². The monoisotopic (exact) mass is 298 g/mol. The third-order valence-corrected chi connectivity index (χ3v) is 2.80. The molecule has 0 aromatic heterocycles. The van der Waals surface area contributed by atoms with E-state index in [0.717, 1.165) is 25.7 Å². The van der Waals surface area contributed by atoms with Gasteiger partial charge >= 0.3 is 0 Å². The van der Waals surface area contributed by atoms with E-state index in [-0.39, 0.29) is 10.6 Å². The van der Waals surface area contributed by atoms with E-state index in [1.165, 1.54) is 0 Å². The van der Waals surface area contributed by atoms with Crippen molar-refractivity contribution in [3.63, 3.8) is 0 Å². The second-order valence-corrected chi connectivity index (χ2v) is 4.43. The van der Waals surface area contributed by atoms with Gasteiger partial charge in [-0.05, 0) is 6.42 Å². The number of alkyl halides is 1. The molecule has 0 amide bonds. The van der Waals surface area contributed by atoms with Crippen LogP contribution in [-0.2, 0) is 9.59 Å². The van der Waals surface area contributed by atoms with Crippen LogP contribution in [0.4, 0.5) is 0 Å². The Morgan fingerprint density at radius 3 is 2.33 bits per heavy atom. The largest absolute Gasteiger partial charge is 0.289 e. The van der Waals surface area contributed by atoms with Crippen LogP contribution in [0.5, 0.6) is 0 Å². The fraction of sp³-hybridized carbons (Fsp3) is 0.750. The first-order valence-corrected chi connectivity index (χ1v) is 5.68. The smallest absolute Gasteiger partial charge is 0.264 e. The molecule has 0 saturated carbocycles. The van der Waals surface area contributed by atoms with Gasteiger partial charge in [-0.1, -0.05) is 42.1 Å². The van der Waals surface area contributed by atoms with Gasteiger partial charge in [-0.3, -0.25) is 9.59 Å². The minimum absolute atomic E-state index is 0.309. The van der Waals surface area contributed by atoms with E-state index in [1.54, 1.807) is 0 Å². The number of unbranched alkanes of at least 4 members (excludes halogenated alkanes) is 2. The highest BCUT2D eigenvalue weighted by molar-refractivity contribution is 9.19. The molecule has 70 valence electrons. The zero-order chi connectivity index (χ0) is 9.56. The summed E-state index contributed by atoms with van der Waals surface area (Å²) in [4.78, 5) is 21.2. The van der Waals surface area contributed by atoms with Crippen molar-refractivity contribution in [1.82, 2.24) is 0 Å². The first kappa shape index (κ1) is 12.3. The third kappa shape index (κ3) is 5.04. The maximum Gasteiger partial charge on any atom is 0.264 e. The Morgan fingerprint density at radius 1 is 1.33 bits per heavy atom. The van der Waals surface area contributed by atoms with Crippen molar-refractivity contribution < 1.29 is 9.59 Å². The summed E-state index contributed by atoms with van der Waals surface area (Å²) >= 11 is 5.80. The van der Waals surface area contributed by atoms with E-state index in [4.69, 9.17) is 0 Å². The average Bonchev–Trinajstić information content (AvgIpc) is 2.03. The second-order valence-electron chi connectivity index (χ2n) is 2.60.